The molecule has 96 valence electrons. The van der Waals surface area contributed by atoms with E-state index in [0.717, 1.165) is 11.1 Å². The lowest BCUT2D eigenvalue weighted by Crippen LogP contribution is -2.36. The number of amides is 1. The number of pyridine rings is 1. The fraction of sp³-hybridized carbons (Fsp3) is 0.417. The molecule has 2 aromatic rings. The molecule has 0 aliphatic heterocycles. The van der Waals surface area contributed by atoms with Crippen LogP contribution in [0.3, 0.4) is 0 Å². The number of carbonyl (C=O) groups is 1. The Hall–Kier alpha value is -1.95. The largest absolute Gasteiger partial charge is 0.394 e. The molecule has 3 N–H and O–H groups in total. The van der Waals surface area contributed by atoms with Gasteiger partial charge in [-0.2, -0.15) is 5.10 Å². The quantitative estimate of drug-likeness (QED) is 0.745. The normalized spacial score (nSPS) is 12.6. The van der Waals surface area contributed by atoms with E-state index in [1.165, 1.54) is 6.20 Å². The molecule has 18 heavy (non-hydrogen) atoms. The minimum absolute atomic E-state index is 0.0668. The van der Waals surface area contributed by atoms with Gasteiger partial charge >= 0.3 is 0 Å². The summed E-state index contributed by atoms with van der Waals surface area (Å²) in [5.74, 6) is -0.231. The van der Waals surface area contributed by atoms with Crippen molar-refractivity contribution >= 4 is 16.9 Å². The van der Waals surface area contributed by atoms with Gasteiger partial charge in [-0.3, -0.25) is 9.89 Å². The molecule has 0 radical (unpaired) electrons. The highest BCUT2D eigenvalue weighted by Gasteiger charge is 2.13. The van der Waals surface area contributed by atoms with E-state index in [-0.39, 0.29) is 18.6 Å². The van der Waals surface area contributed by atoms with Crippen LogP contribution in [0.15, 0.2) is 12.3 Å². The lowest BCUT2D eigenvalue weighted by molar-refractivity contribution is 0.0915. The van der Waals surface area contributed by atoms with Gasteiger partial charge < -0.3 is 10.4 Å². The average Bonchev–Trinajstić information content (AvgIpc) is 2.77. The van der Waals surface area contributed by atoms with Crippen LogP contribution in [0.5, 0.6) is 0 Å². The Labute approximate surface area is 104 Å². The number of aryl methyl sites for hydroxylation is 1. The van der Waals surface area contributed by atoms with Gasteiger partial charge in [-0.05, 0) is 19.4 Å². The van der Waals surface area contributed by atoms with Crippen molar-refractivity contribution in [1.82, 2.24) is 20.5 Å². The van der Waals surface area contributed by atoms with Crippen LogP contribution >= 0.6 is 0 Å². The smallest absolute Gasteiger partial charge is 0.253 e. The van der Waals surface area contributed by atoms with E-state index in [1.807, 2.05) is 13.8 Å². The molecule has 0 saturated carbocycles. The van der Waals surface area contributed by atoms with Crippen LogP contribution < -0.4 is 5.32 Å². The summed E-state index contributed by atoms with van der Waals surface area (Å²) in [6.07, 6.45) is 2.17. The molecule has 0 aliphatic carbocycles. The molecule has 0 fully saturated rings. The third-order valence-electron chi connectivity index (χ3n) is 2.91. The molecule has 1 atom stereocenters. The topological polar surface area (TPSA) is 90.9 Å². The number of H-pyrrole nitrogens is 1. The zero-order valence-corrected chi connectivity index (χ0v) is 10.4. The van der Waals surface area contributed by atoms with Gasteiger partial charge in [0, 0.05) is 17.3 Å². The van der Waals surface area contributed by atoms with Crippen molar-refractivity contribution < 1.29 is 9.90 Å². The molecule has 2 heterocycles. The number of nitrogens with one attached hydrogen (secondary N) is 2. The first-order chi connectivity index (χ1) is 8.65. The van der Waals surface area contributed by atoms with Gasteiger partial charge in [0.25, 0.3) is 5.91 Å². The SMILES string of the molecule is CCC(CO)NC(=O)c1cnc2n[nH]c(C)c2c1. The predicted octanol–water partition coefficient (Wildman–Crippen LogP) is 0.767. The summed E-state index contributed by atoms with van der Waals surface area (Å²) in [5, 5.41) is 19.5. The van der Waals surface area contributed by atoms with Crippen LogP contribution in [0.25, 0.3) is 11.0 Å². The number of hydrogen-bond donors (Lipinski definition) is 3. The molecular weight excluding hydrogens is 232 g/mol. The fourth-order valence-corrected chi connectivity index (χ4v) is 1.69. The lowest BCUT2D eigenvalue weighted by Gasteiger charge is -2.13. The van der Waals surface area contributed by atoms with E-state index >= 15 is 0 Å². The Morgan fingerprint density at radius 1 is 1.61 bits per heavy atom. The first-order valence-electron chi connectivity index (χ1n) is 5.88. The van der Waals surface area contributed by atoms with Crippen molar-refractivity contribution in [2.45, 2.75) is 26.3 Å². The highest BCUT2D eigenvalue weighted by Crippen LogP contribution is 2.14. The molecule has 0 saturated heterocycles. The van der Waals surface area contributed by atoms with Crippen molar-refractivity contribution in [2.75, 3.05) is 6.61 Å². The second kappa shape index (κ2) is 5.14. The summed E-state index contributed by atoms with van der Waals surface area (Å²) in [6, 6.07) is 1.53. The second-order valence-electron chi connectivity index (χ2n) is 4.20. The molecule has 6 heteroatoms. The number of rotatable bonds is 4. The number of aromatic amines is 1. The van der Waals surface area contributed by atoms with Crippen LogP contribution in [0, 0.1) is 6.92 Å². The summed E-state index contributed by atoms with van der Waals surface area (Å²) in [6.45, 7) is 3.72. The molecule has 2 rings (SSSR count). The summed E-state index contributed by atoms with van der Waals surface area (Å²) in [4.78, 5) is 16.1. The van der Waals surface area contributed by atoms with Crippen molar-refractivity contribution in [3.8, 4) is 0 Å². The number of fused-ring (bicyclic) bond motifs is 1. The molecule has 2 aromatic heterocycles. The van der Waals surface area contributed by atoms with E-state index in [9.17, 15) is 4.79 Å². The van der Waals surface area contributed by atoms with Gasteiger partial charge in [0.1, 0.15) is 0 Å². The Morgan fingerprint density at radius 2 is 2.39 bits per heavy atom. The number of nitrogens with zero attached hydrogens (tertiary/aromatic N) is 2. The summed E-state index contributed by atoms with van der Waals surface area (Å²) >= 11 is 0. The zero-order chi connectivity index (χ0) is 13.1. The Balaban J connectivity index is 2.24. The number of aliphatic hydroxyl groups is 1. The molecule has 0 aromatic carbocycles. The van der Waals surface area contributed by atoms with Crippen molar-refractivity contribution in [3.63, 3.8) is 0 Å². The average molecular weight is 248 g/mol. The van der Waals surface area contributed by atoms with Gasteiger partial charge in [-0.15, -0.1) is 0 Å². The Kier molecular flexibility index (Phi) is 3.57. The maximum atomic E-state index is 12.0. The molecule has 1 amide bonds. The van der Waals surface area contributed by atoms with Crippen LogP contribution in [-0.2, 0) is 0 Å². The number of carbonyl (C=O) groups excluding carboxylic acids is 1. The summed E-state index contributed by atoms with van der Waals surface area (Å²) in [5.41, 5.74) is 1.94. The Morgan fingerprint density at radius 3 is 3.06 bits per heavy atom. The van der Waals surface area contributed by atoms with Gasteiger partial charge in [-0.25, -0.2) is 4.98 Å². The standard InChI is InChI=1S/C12H16N4O2/c1-3-9(6-17)14-12(18)8-4-10-7(2)15-16-11(10)13-5-8/h4-5,9,17H,3,6H2,1-2H3,(H,14,18)(H,13,15,16). The highest BCUT2D eigenvalue weighted by molar-refractivity contribution is 5.97. The zero-order valence-electron chi connectivity index (χ0n) is 10.4. The van der Waals surface area contributed by atoms with Crippen LogP contribution in [0.4, 0.5) is 0 Å². The first kappa shape index (κ1) is 12.5. The summed E-state index contributed by atoms with van der Waals surface area (Å²) < 4.78 is 0. The van der Waals surface area contributed by atoms with Crippen LogP contribution in [0.1, 0.15) is 29.4 Å². The minimum atomic E-state index is -0.231. The van der Waals surface area contributed by atoms with Crippen LogP contribution in [0.2, 0.25) is 0 Å². The molecule has 1 unspecified atom stereocenters. The van der Waals surface area contributed by atoms with E-state index < -0.39 is 0 Å². The maximum absolute atomic E-state index is 12.0. The van der Waals surface area contributed by atoms with Crippen molar-refractivity contribution in [3.05, 3.63) is 23.5 Å². The third kappa shape index (κ3) is 2.33. The van der Waals surface area contributed by atoms with E-state index in [4.69, 9.17) is 5.11 Å². The Bertz CT molecular complexity index is 560. The monoisotopic (exact) mass is 248 g/mol. The molecule has 0 aliphatic rings. The highest BCUT2D eigenvalue weighted by atomic mass is 16.3. The molecule has 6 nitrogen and oxygen atoms in total. The van der Waals surface area contributed by atoms with E-state index in [1.54, 1.807) is 6.07 Å². The van der Waals surface area contributed by atoms with Gasteiger partial charge in [0.15, 0.2) is 5.65 Å². The molecular formula is C12H16N4O2. The van der Waals surface area contributed by atoms with Gasteiger partial charge in [0.05, 0.1) is 18.2 Å². The predicted molar refractivity (Wildman–Crippen MR) is 67.3 cm³/mol. The molecule has 0 spiro atoms. The van der Waals surface area contributed by atoms with Gasteiger partial charge in [0.2, 0.25) is 0 Å². The maximum Gasteiger partial charge on any atom is 0.253 e. The number of hydrogen-bond acceptors (Lipinski definition) is 4. The minimum Gasteiger partial charge on any atom is -0.394 e. The number of aliphatic hydroxyl groups excluding tert-OH is 1. The second-order valence-corrected chi connectivity index (χ2v) is 4.20. The van der Waals surface area contributed by atoms with Gasteiger partial charge in [-0.1, -0.05) is 6.92 Å². The van der Waals surface area contributed by atoms with E-state index in [0.29, 0.717) is 17.6 Å². The van der Waals surface area contributed by atoms with E-state index in [2.05, 4.69) is 20.5 Å². The number of aromatic nitrogens is 3. The lowest BCUT2D eigenvalue weighted by atomic mass is 10.1. The molecule has 0 bridgehead atoms. The van der Waals surface area contributed by atoms with Crippen LogP contribution in [-0.4, -0.2) is 38.8 Å². The van der Waals surface area contributed by atoms with Crippen molar-refractivity contribution in [1.29, 1.82) is 0 Å². The first-order valence-corrected chi connectivity index (χ1v) is 5.88. The fourth-order valence-electron chi connectivity index (χ4n) is 1.69. The third-order valence-corrected chi connectivity index (χ3v) is 2.91. The van der Waals surface area contributed by atoms with Crippen molar-refractivity contribution in [2.24, 2.45) is 0 Å². The summed E-state index contributed by atoms with van der Waals surface area (Å²) in [7, 11) is 0.